The van der Waals surface area contributed by atoms with Gasteiger partial charge in [-0.2, -0.15) is 4.73 Å². The molecule has 0 saturated carbocycles. The lowest BCUT2D eigenvalue weighted by atomic mass is 10.2. The maximum Gasteiger partial charge on any atom is 0.189 e. The van der Waals surface area contributed by atoms with Crippen molar-refractivity contribution in [3.8, 4) is 11.3 Å². The number of rotatable bonds is 1. The molecule has 2 aromatic rings. The summed E-state index contributed by atoms with van der Waals surface area (Å²) < 4.78 is 4.45. The summed E-state index contributed by atoms with van der Waals surface area (Å²) in [5.41, 5.74) is 1.53. The molecule has 0 amide bonds. The summed E-state index contributed by atoms with van der Waals surface area (Å²) in [4.78, 5) is 0. The molecule has 4 nitrogen and oxygen atoms in total. The van der Waals surface area contributed by atoms with Gasteiger partial charge in [0.1, 0.15) is 5.69 Å². The predicted octanol–water partition coefficient (Wildman–Crippen LogP) is 0.839. The Balaban J connectivity index is 2.48. The van der Waals surface area contributed by atoms with Crippen molar-refractivity contribution in [1.82, 2.24) is 9.59 Å². The Labute approximate surface area is 72.9 Å². The molecule has 0 spiro atoms. The quantitative estimate of drug-likeness (QED) is 0.481. The molecule has 0 aliphatic heterocycles. The minimum Gasteiger partial charge on any atom is -0.619 e. The van der Waals surface area contributed by atoms with E-state index in [0.717, 1.165) is 16.0 Å². The molecule has 2 aromatic heterocycles. The van der Waals surface area contributed by atoms with Crippen molar-refractivity contribution in [3.05, 3.63) is 35.1 Å². The lowest BCUT2D eigenvalue weighted by molar-refractivity contribution is -0.604. The predicted molar refractivity (Wildman–Crippen MR) is 44.3 cm³/mol. The summed E-state index contributed by atoms with van der Waals surface area (Å²) in [5.74, 6) is 0. The Morgan fingerprint density at radius 1 is 1.50 bits per heavy atom. The highest BCUT2D eigenvalue weighted by atomic mass is 32.1. The van der Waals surface area contributed by atoms with Crippen LogP contribution in [0.3, 0.4) is 0 Å². The molecule has 0 fully saturated rings. The maximum atomic E-state index is 10.9. The minimum absolute atomic E-state index is 0.741. The first-order chi connectivity index (χ1) is 5.86. The summed E-state index contributed by atoms with van der Waals surface area (Å²) in [6.45, 7) is 0. The van der Waals surface area contributed by atoms with Crippen LogP contribution in [0, 0.1) is 5.21 Å². The lowest BCUT2D eigenvalue weighted by Gasteiger charge is -1.95. The van der Waals surface area contributed by atoms with Crippen molar-refractivity contribution in [2.24, 2.45) is 0 Å². The van der Waals surface area contributed by atoms with E-state index >= 15 is 0 Å². The molecular weight excluding hydrogens is 174 g/mol. The van der Waals surface area contributed by atoms with Gasteiger partial charge < -0.3 is 5.21 Å². The second-order valence-corrected chi connectivity index (χ2v) is 2.85. The molecule has 2 heterocycles. The van der Waals surface area contributed by atoms with Gasteiger partial charge >= 0.3 is 0 Å². The zero-order valence-electron chi connectivity index (χ0n) is 6.04. The third-order valence-corrected chi connectivity index (χ3v) is 1.94. The highest BCUT2D eigenvalue weighted by Crippen LogP contribution is 2.14. The van der Waals surface area contributed by atoms with Gasteiger partial charge in [0.25, 0.3) is 0 Å². The van der Waals surface area contributed by atoms with E-state index in [2.05, 4.69) is 9.59 Å². The number of aromatic nitrogens is 3. The Morgan fingerprint density at radius 2 is 2.42 bits per heavy atom. The smallest absolute Gasteiger partial charge is 0.189 e. The van der Waals surface area contributed by atoms with Gasteiger partial charge in [-0.05, 0) is 17.6 Å². The van der Waals surface area contributed by atoms with E-state index in [1.54, 1.807) is 11.4 Å². The van der Waals surface area contributed by atoms with Crippen LogP contribution in [0.25, 0.3) is 11.3 Å². The first-order valence-corrected chi connectivity index (χ1v) is 4.16. The fourth-order valence-corrected chi connectivity index (χ4v) is 1.36. The fraction of sp³-hybridized carbons (Fsp3) is 0. The van der Waals surface area contributed by atoms with Crippen molar-refractivity contribution in [1.29, 1.82) is 0 Å². The average molecular weight is 179 g/mol. The molecule has 0 aromatic carbocycles. The summed E-state index contributed by atoms with van der Waals surface area (Å²) in [6.07, 6.45) is 2.90. The van der Waals surface area contributed by atoms with Crippen LogP contribution in [0.4, 0.5) is 0 Å². The highest BCUT2D eigenvalue weighted by molar-refractivity contribution is 7.03. The number of nitrogens with zero attached hydrogens (tertiary/aromatic N) is 3. The van der Waals surface area contributed by atoms with Gasteiger partial charge in [0.05, 0.1) is 5.56 Å². The Morgan fingerprint density at radius 3 is 3.08 bits per heavy atom. The SMILES string of the molecule is [O-][n+]1cccc(-c2csnn2)c1. The van der Waals surface area contributed by atoms with Gasteiger partial charge in [-0.25, -0.2) is 0 Å². The molecule has 0 radical (unpaired) electrons. The van der Waals surface area contributed by atoms with Gasteiger partial charge in [-0.15, -0.1) is 5.10 Å². The normalized spacial score (nSPS) is 10.0. The van der Waals surface area contributed by atoms with Crippen LogP contribution in [0.15, 0.2) is 29.9 Å². The Hall–Kier alpha value is -1.49. The highest BCUT2D eigenvalue weighted by Gasteiger charge is 2.02. The molecule has 0 aliphatic rings. The largest absolute Gasteiger partial charge is 0.619 e. The van der Waals surface area contributed by atoms with Crippen molar-refractivity contribution in [2.75, 3.05) is 0 Å². The summed E-state index contributed by atoms with van der Waals surface area (Å²) in [6, 6.07) is 3.51. The van der Waals surface area contributed by atoms with Crippen molar-refractivity contribution < 1.29 is 4.73 Å². The van der Waals surface area contributed by atoms with Crippen molar-refractivity contribution in [2.45, 2.75) is 0 Å². The standard InChI is InChI=1S/C7H5N3OS/c11-10-3-1-2-6(4-10)7-5-12-9-8-7/h1-5H. The van der Waals surface area contributed by atoms with Crippen LogP contribution >= 0.6 is 11.5 Å². The molecule has 0 aliphatic carbocycles. The molecular formula is C7H5N3OS. The molecule has 0 atom stereocenters. The van der Waals surface area contributed by atoms with Gasteiger partial charge in [0.2, 0.25) is 0 Å². The van der Waals surface area contributed by atoms with Crippen LogP contribution in [-0.2, 0) is 0 Å². The molecule has 60 valence electrons. The third kappa shape index (κ3) is 1.26. The van der Waals surface area contributed by atoms with E-state index in [1.807, 2.05) is 6.07 Å². The van der Waals surface area contributed by atoms with Gasteiger partial charge in [-0.1, -0.05) is 4.49 Å². The number of hydrogen-bond acceptors (Lipinski definition) is 4. The zero-order valence-corrected chi connectivity index (χ0v) is 6.86. The second-order valence-electron chi connectivity index (χ2n) is 2.24. The number of pyridine rings is 1. The van der Waals surface area contributed by atoms with Crippen LogP contribution in [0.1, 0.15) is 0 Å². The molecule has 0 unspecified atom stereocenters. The van der Waals surface area contributed by atoms with Crippen molar-refractivity contribution in [3.63, 3.8) is 0 Å². The summed E-state index contributed by atoms with van der Waals surface area (Å²) in [7, 11) is 0. The fourth-order valence-electron chi connectivity index (χ4n) is 0.897. The Bertz CT molecular complexity index is 374. The van der Waals surface area contributed by atoms with Gasteiger partial charge in [0, 0.05) is 11.4 Å². The van der Waals surface area contributed by atoms with Crippen LogP contribution in [0.2, 0.25) is 0 Å². The molecule has 5 heteroatoms. The third-order valence-electron chi connectivity index (χ3n) is 1.43. The summed E-state index contributed by atoms with van der Waals surface area (Å²) >= 11 is 1.27. The molecule has 0 saturated heterocycles. The molecule has 0 bridgehead atoms. The van der Waals surface area contributed by atoms with Crippen LogP contribution in [0.5, 0.6) is 0 Å². The maximum absolute atomic E-state index is 10.9. The van der Waals surface area contributed by atoms with E-state index < -0.39 is 0 Å². The van der Waals surface area contributed by atoms with E-state index in [9.17, 15) is 5.21 Å². The first kappa shape index (κ1) is 7.17. The van der Waals surface area contributed by atoms with E-state index in [0.29, 0.717) is 0 Å². The monoisotopic (exact) mass is 179 g/mol. The Kier molecular flexibility index (Phi) is 1.71. The molecule has 0 N–H and O–H groups in total. The first-order valence-electron chi connectivity index (χ1n) is 3.32. The second kappa shape index (κ2) is 2.86. The zero-order chi connectivity index (χ0) is 8.39. The minimum atomic E-state index is 0.741. The van der Waals surface area contributed by atoms with E-state index in [-0.39, 0.29) is 0 Å². The number of hydrogen-bond donors (Lipinski definition) is 0. The average Bonchev–Trinajstić information content (AvgIpc) is 2.56. The van der Waals surface area contributed by atoms with Gasteiger partial charge in [0.15, 0.2) is 12.4 Å². The summed E-state index contributed by atoms with van der Waals surface area (Å²) in [5, 5.41) is 16.5. The molecule has 2 rings (SSSR count). The van der Waals surface area contributed by atoms with Gasteiger partial charge in [-0.3, -0.25) is 0 Å². The van der Waals surface area contributed by atoms with E-state index in [1.165, 1.54) is 23.9 Å². The van der Waals surface area contributed by atoms with Crippen LogP contribution < -0.4 is 4.73 Å². The van der Waals surface area contributed by atoms with Crippen molar-refractivity contribution >= 4 is 11.5 Å². The topological polar surface area (TPSA) is 52.7 Å². The lowest BCUT2D eigenvalue weighted by Crippen LogP contribution is -2.23. The van der Waals surface area contributed by atoms with E-state index in [4.69, 9.17) is 0 Å². The van der Waals surface area contributed by atoms with Crippen LogP contribution in [-0.4, -0.2) is 9.59 Å². The molecule has 12 heavy (non-hydrogen) atoms.